The van der Waals surface area contributed by atoms with Crippen LogP contribution in [0, 0.1) is 11.6 Å². The molecule has 1 fully saturated rings. The van der Waals surface area contributed by atoms with Gasteiger partial charge in [-0.1, -0.05) is 0 Å². The van der Waals surface area contributed by atoms with E-state index in [2.05, 4.69) is 5.32 Å². The molecule has 7 heteroatoms. The van der Waals surface area contributed by atoms with Crippen LogP contribution >= 0.6 is 12.4 Å². The normalized spacial score (nSPS) is 14.7. The quantitative estimate of drug-likeness (QED) is 0.905. The molecule has 0 bridgehead atoms. The zero-order valence-corrected chi connectivity index (χ0v) is 11.0. The summed E-state index contributed by atoms with van der Waals surface area (Å²) in [5, 5.41) is 3.11. The van der Waals surface area contributed by atoms with Crippen LogP contribution in [0.15, 0.2) is 18.2 Å². The lowest BCUT2D eigenvalue weighted by molar-refractivity contribution is 0.0909. The van der Waals surface area contributed by atoms with Gasteiger partial charge in [0.1, 0.15) is 18.2 Å². The van der Waals surface area contributed by atoms with E-state index >= 15 is 0 Å². The van der Waals surface area contributed by atoms with Crippen molar-refractivity contribution in [2.45, 2.75) is 6.61 Å². The van der Waals surface area contributed by atoms with Crippen LogP contribution in [0.2, 0.25) is 0 Å². The van der Waals surface area contributed by atoms with Crippen LogP contribution in [0.3, 0.4) is 0 Å². The van der Waals surface area contributed by atoms with Gasteiger partial charge in [-0.2, -0.15) is 0 Å². The van der Waals surface area contributed by atoms with Crippen molar-refractivity contribution in [3.8, 4) is 0 Å². The fourth-order valence-electron chi connectivity index (χ4n) is 1.72. The van der Waals surface area contributed by atoms with Gasteiger partial charge in [0.15, 0.2) is 0 Å². The monoisotopic (exact) mass is 292 g/mol. The number of benzene rings is 1. The van der Waals surface area contributed by atoms with Gasteiger partial charge in [-0.15, -0.1) is 12.4 Å². The van der Waals surface area contributed by atoms with E-state index in [0.717, 1.165) is 25.2 Å². The van der Waals surface area contributed by atoms with Crippen LogP contribution in [0.1, 0.15) is 5.56 Å². The molecule has 0 atom stereocenters. The summed E-state index contributed by atoms with van der Waals surface area (Å²) in [5.41, 5.74) is 0.167. The molecule has 1 N–H and O–H groups in total. The van der Waals surface area contributed by atoms with Gasteiger partial charge in [-0.3, -0.25) is 0 Å². The molecule has 0 unspecified atom stereocenters. The highest BCUT2D eigenvalue weighted by Crippen LogP contribution is 2.11. The molecule has 1 heterocycles. The predicted molar refractivity (Wildman–Crippen MR) is 68.2 cm³/mol. The second-order valence-electron chi connectivity index (χ2n) is 4.03. The molecule has 1 aliphatic rings. The molecule has 0 spiro atoms. The Bertz CT molecular complexity index is 440. The molecule has 106 valence electrons. The fraction of sp³-hybridized carbons (Fsp3) is 0.417. The third-order valence-corrected chi connectivity index (χ3v) is 2.74. The Balaban J connectivity index is 0.00000180. The first-order chi connectivity index (χ1) is 8.66. The third kappa shape index (κ3) is 4.33. The molecule has 0 saturated carbocycles. The molecule has 1 aromatic rings. The van der Waals surface area contributed by atoms with Crippen LogP contribution < -0.4 is 5.32 Å². The molecular weight excluding hydrogens is 278 g/mol. The van der Waals surface area contributed by atoms with Crippen LogP contribution in [0.4, 0.5) is 13.6 Å². The van der Waals surface area contributed by atoms with E-state index in [0.29, 0.717) is 13.1 Å². The van der Waals surface area contributed by atoms with Gasteiger partial charge in [0.05, 0.1) is 0 Å². The molecule has 0 aromatic heterocycles. The Hall–Kier alpha value is -1.40. The lowest BCUT2D eigenvalue weighted by Crippen LogP contribution is -2.46. The summed E-state index contributed by atoms with van der Waals surface area (Å²) in [6, 6.07) is 3.18. The van der Waals surface area contributed by atoms with Gasteiger partial charge < -0.3 is 15.0 Å². The molecule has 0 radical (unpaired) electrons. The lowest BCUT2D eigenvalue weighted by atomic mass is 10.2. The second kappa shape index (κ2) is 7.25. The highest BCUT2D eigenvalue weighted by atomic mass is 35.5. The van der Waals surface area contributed by atoms with Crippen LogP contribution in [-0.2, 0) is 11.3 Å². The average molecular weight is 293 g/mol. The number of hydrogen-bond donors (Lipinski definition) is 1. The Labute approximate surface area is 116 Å². The molecule has 4 nitrogen and oxygen atoms in total. The van der Waals surface area contributed by atoms with Crippen molar-refractivity contribution in [1.29, 1.82) is 0 Å². The van der Waals surface area contributed by atoms with E-state index in [4.69, 9.17) is 4.74 Å². The van der Waals surface area contributed by atoms with Crippen molar-refractivity contribution in [3.63, 3.8) is 0 Å². The van der Waals surface area contributed by atoms with Crippen molar-refractivity contribution in [2.24, 2.45) is 0 Å². The first-order valence-corrected chi connectivity index (χ1v) is 5.73. The predicted octanol–water partition coefficient (Wildman–Crippen LogP) is 1.93. The van der Waals surface area contributed by atoms with Crippen molar-refractivity contribution < 1.29 is 18.3 Å². The number of piperazine rings is 1. The van der Waals surface area contributed by atoms with Gasteiger partial charge >= 0.3 is 6.09 Å². The number of nitrogens with zero attached hydrogens (tertiary/aromatic N) is 1. The minimum atomic E-state index is -0.705. The Morgan fingerprint density at radius 2 is 2.00 bits per heavy atom. The summed E-state index contributed by atoms with van der Waals surface area (Å²) in [6.45, 7) is 2.41. The number of carbonyl (C=O) groups excluding carboxylic acids is 1. The first kappa shape index (κ1) is 15.7. The van der Waals surface area contributed by atoms with Gasteiger partial charge in [0.2, 0.25) is 0 Å². The van der Waals surface area contributed by atoms with E-state index in [1.165, 1.54) is 6.07 Å². The number of hydrogen-bond acceptors (Lipinski definition) is 3. The summed E-state index contributed by atoms with van der Waals surface area (Å²) in [6.07, 6.45) is -0.472. The summed E-state index contributed by atoms with van der Waals surface area (Å²) >= 11 is 0. The van der Waals surface area contributed by atoms with E-state index < -0.39 is 17.7 Å². The van der Waals surface area contributed by atoms with Gasteiger partial charge in [0.25, 0.3) is 0 Å². The molecule has 1 amide bonds. The van der Waals surface area contributed by atoms with Crippen molar-refractivity contribution in [1.82, 2.24) is 10.2 Å². The summed E-state index contributed by atoms with van der Waals surface area (Å²) in [5.74, 6) is -1.35. The van der Waals surface area contributed by atoms with E-state index in [1.807, 2.05) is 0 Å². The standard InChI is InChI=1S/C12H14F2N2O2.ClH/c13-10-2-1-9(11(14)7-10)8-18-12(17)16-5-3-15-4-6-16;/h1-2,7,15H,3-6,8H2;1H. The highest BCUT2D eigenvalue weighted by molar-refractivity contribution is 5.85. The van der Waals surface area contributed by atoms with Crippen LogP contribution in [0.5, 0.6) is 0 Å². The molecule has 1 aromatic carbocycles. The smallest absolute Gasteiger partial charge is 0.410 e. The highest BCUT2D eigenvalue weighted by Gasteiger charge is 2.17. The Morgan fingerprint density at radius 1 is 1.32 bits per heavy atom. The molecule has 2 rings (SSSR count). The second-order valence-corrected chi connectivity index (χ2v) is 4.03. The largest absolute Gasteiger partial charge is 0.444 e. The zero-order chi connectivity index (χ0) is 13.0. The van der Waals surface area contributed by atoms with Crippen LogP contribution in [0.25, 0.3) is 0 Å². The van der Waals surface area contributed by atoms with E-state index in [-0.39, 0.29) is 24.6 Å². The number of amides is 1. The summed E-state index contributed by atoms with van der Waals surface area (Å²) in [4.78, 5) is 13.2. The minimum absolute atomic E-state index is 0. The van der Waals surface area contributed by atoms with Gasteiger partial charge in [-0.25, -0.2) is 13.6 Å². The molecule has 0 aliphatic carbocycles. The molecule has 1 saturated heterocycles. The summed E-state index contributed by atoms with van der Waals surface area (Å²) < 4.78 is 30.9. The number of carbonyl (C=O) groups is 1. The van der Waals surface area contributed by atoms with Crippen molar-refractivity contribution in [2.75, 3.05) is 26.2 Å². The number of nitrogens with one attached hydrogen (secondary N) is 1. The zero-order valence-electron chi connectivity index (χ0n) is 10.2. The Morgan fingerprint density at radius 3 is 2.63 bits per heavy atom. The van der Waals surface area contributed by atoms with Gasteiger partial charge in [-0.05, 0) is 12.1 Å². The first-order valence-electron chi connectivity index (χ1n) is 5.73. The van der Waals surface area contributed by atoms with Crippen LogP contribution in [-0.4, -0.2) is 37.2 Å². The Kier molecular flexibility index (Phi) is 5.98. The third-order valence-electron chi connectivity index (χ3n) is 2.74. The van der Waals surface area contributed by atoms with Crippen molar-refractivity contribution >= 4 is 18.5 Å². The summed E-state index contributed by atoms with van der Waals surface area (Å²) in [7, 11) is 0. The SMILES string of the molecule is Cl.O=C(OCc1ccc(F)cc1F)N1CCNCC1. The molecule has 1 aliphatic heterocycles. The minimum Gasteiger partial charge on any atom is -0.444 e. The van der Waals surface area contributed by atoms with E-state index in [9.17, 15) is 13.6 Å². The fourth-order valence-corrected chi connectivity index (χ4v) is 1.72. The van der Waals surface area contributed by atoms with Gasteiger partial charge in [0, 0.05) is 37.8 Å². The number of rotatable bonds is 2. The maximum absolute atomic E-state index is 13.3. The molecule has 19 heavy (non-hydrogen) atoms. The van der Waals surface area contributed by atoms with Crippen molar-refractivity contribution in [3.05, 3.63) is 35.4 Å². The lowest BCUT2D eigenvalue weighted by Gasteiger charge is -2.26. The molecular formula is C12H15ClF2N2O2. The number of ether oxygens (including phenoxy) is 1. The topological polar surface area (TPSA) is 41.6 Å². The number of halogens is 3. The van der Waals surface area contributed by atoms with E-state index in [1.54, 1.807) is 4.90 Å². The average Bonchev–Trinajstić information content (AvgIpc) is 2.38. The maximum Gasteiger partial charge on any atom is 0.410 e. The maximum atomic E-state index is 13.3.